The highest BCUT2D eigenvalue weighted by Gasteiger charge is 2.69. The van der Waals surface area contributed by atoms with Gasteiger partial charge in [0.2, 0.25) is 0 Å². The van der Waals surface area contributed by atoms with Crippen LogP contribution in [0.15, 0.2) is 17.1 Å². The van der Waals surface area contributed by atoms with E-state index in [0.717, 1.165) is 0 Å². The molecule has 2 saturated heterocycles. The van der Waals surface area contributed by atoms with Gasteiger partial charge in [0.1, 0.15) is 18.0 Å². The van der Waals surface area contributed by atoms with Crippen molar-refractivity contribution in [3.05, 3.63) is 22.7 Å². The van der Waals surface area contributed by atoms with E-state index in [2.05, 4.69) is 14.2 Å². The Bertz CT molecular complexity index is 521. The molecule has 1 aromatic heterocycles. The van der Waals surface area contributed by atoms with Crippen LogP contribution in [0.1, 0.15) is 6.23 Å². The summed E-state index contributed by atoms with van der Waals surface area (Å²) in [7, 11) is 2.53. The lowest BCUT2D eigenvalue weighted by molar-refractivity contribution is -0.0909. The van der Waals surface area contributed by atoms with E-state index in [0.29, 0.717) is 0 Å². The number of aliphatic hydroxyl groups is 1. The van der Waals surface area contributed by atoms with Crippen LogP contribution in [-0.2, 0) is 9.47 Å². The Morgan fingerprint density at radius 2 is 2.47 bits per heavy atom. The van der Waals surface area contributed by atoms with Crippen molar-refractivity contribution in [3.63, 3.8) is 0 Å². The topological polar surface area (TPSA) is 103 Å². The van der Waals surface area contributed by atoms with Crippen LogP contribution in [0.4, 0.5) is 5.82 Å². The molecule has 92 valence electrons. The monoisotopic (exact) mass is 257 g/mol. The number of rotatable bonds is 2. The first kappa shape index (κ1) is 11.1. The first-order valence-corrected chi connectivity index (χ1v) is 5.71. The van der Waals surface area contributed by atoms with Gasteiger partial charge in [0.05, 0.1) is 6.61 Å². The lowest BCUT2D eigenvalue weighted by Gasteiger charge is -2.20. The number of epoxide rings is 1. The van der Waals surface area contributed by atoms with E-state index in [9.17, 15) is 4.79 Å². The largest absolute Gasteiger partial charge is 0.394 e. The number of anilines is 1. The molecule has 0 aliphatic carbocycles. The molecule has 5 atom stereocenters. The highest BCUT2D eigenvalue weighted by Crippen LogP contribution is 2.58. The molecule has 0 spiro atoms. The van der Waals surface area contributed by atoms with Crippen molar-refractivity contribution in [1.29, 1.82) is 0 Å². The van der Waals surface area contributed by atoms with Crippen molar-refractivity contribution in [2.75, 3.05) is 12.3 Å². The number of hydrogen-bond donors (Lipinski definition) is 2. The molecule has 8 heteroatoms. The second kappa shape index (κ2) is 3.49. The van der Waals surface area contributed by atoms with Gasteiger partial charge < -0.3 is 20.3 Å². The number of aromatic nitrogens is 2. The van der Waals surface area contributed by atoms with Gasteiger partial charge in [0.25, 0.3) is 0 Å². The van der Waals surface area contributed by atoms with Crippen molar-refractivity contribution in [1.82, 2.24) is 9.55 Å². The molecule has 3 N–H and O–H groups in total. The van der Waals surface area contributed by atoms with Crippen molar-refractivity contribution in [2.45, 2.75) is 23.8 Å². The molecule has 3 rings (SSSR count). The number of nitrogen functional groups attached to an aromatic ring is 1. The van der Waals surface area contributed by atoms with Gasteiger partial charge in [-0.2, -0.15) is 4.98 Å². The standard InChI is InChI=1S/C9H12N3O4P/c10-5-1-2-12(8(14)11-5)7-9(17)6(16-9)4(3-13)15-7/h1-2,4,6-7,13H,3,17H2,(H2,10,11,14). The van der Waals surface area contributed by atoms with Crippen molar-refractivity contribution < 1.29 is 14.6 Å². The van der Waals surface area contributed by atoms with E-state index >= 15 is 0 Å². The predicted molar refractivity (Wildman–Crippen MR) is 61.2 cm³/mol. The van der Waals surface area contributed by atoms with Crippen LogP contribution in [0.3, 0.4) is 0 Å². The number of nitrogens with zero attached hydrogens (tertiary/aromatic N) is 2. The molecule has 7 nitrogen and oxygen atoms in total. The second-order valence-corrected chi connectivity index (χ2v) is 5.05. The minimum absolute atomic E-state index is 0.144. The summed E-state index contributed by atoms with van der Waals surface area (Å²) >= 11 is 0. The summed E-state index contributed by atoms with van der Waals surface area (Å²) < 4.78 is 12.3. The van der Waals surface area contributed by atoms with Crippen LogP contribution in [0.25, 0.3) is 0 Å². The zero-order valence-corrected chi connectivity index (χ0v) is 9.97. The molecule has 0 bridgehead atoms. The third kappa shape index (κ3) is 1.51. The Morgan fingerprint density at radius 3 is 3.06 bits per heavy atom. The van der Waals surface area contributed by atoms with Gasteiger partial charge in [0.15, 0.2) is 11.6 Å². The maximum atomic E-state index is 11.7. The summed E-state index contributed by atoms with van der Waals surface area (Å²) in [5, 5.41) is 8.47. The Balaban J connectivity index is 1.98. The fraction of sp³-hybridized carbons (Fsp3) is 0.556. The number of hydrogen-bond acceptors (Lipinski definition) is 6. The van der Waals surface area contributed by atoms with E-state index in [1.165, 1.54) is 16.8 Å². The fourth-order valence-corrected chi connectivity index (χ4v) is 2.72. The fourth-order valence-electron chi connectivity index (χ4n) is 2.12. The number of nitrogens with two attached hydrogens (primary N) is 1. The first-order chi connectivity index (χ1) is 8.06. The van der Waals surface area contributed by atoms with Crippen molar-refractivity contribution in [3.8, 4) is 0 Å². The molecular formula is C9H12N3O4P. The first-order valence-electron chi connectivity index (χ1n) is 5.14. The van der Waals surface area contributed by atoms with Gasteiger partial charge in [-0.05, 0) is 6.07 Å². The average Bonchev–Trinajstić information content (AvgIpc) is 2.88. The van der Waals surface area contributed by atoms with Crippen LogP contribution in [0.5, 0.6) is 0 Å². The maximum absolute atomic E-state index is 11.7. The van der Waals surface area contributed by atoms with Crippen LogP contribution in [0, 0.1) is 0 Å². The molecule has 17 heavy (non-hydrogen) atoms. The molecule has 2 fully saturated rings. The van der Waals surface area contributed by atoms with Gasteiger partial charge in [-0.1, -0.05) is 9.24 Å². The molecule has 3 heterocycles. The Morgan fingerprint density at radius 1 is 1.71 bits per heavy atom. The third-order valence-electron chi connectivity index (χ3n) is 3.03. The Kier molecular flexibility index (Phi) is 2.28. The van der Waals surface area contributed by atoms with E-state index in [1.54, 1.807) is 0 Å². The molecule has 0 saturated carbocycles. The predicted octanol–water partition coefficient (Wildman–Crippen LogP) is -1.31. The SMILES string of the molecule is Nc1ccn(C2OC(CO)C3OC32P)c(=O)n1. The van der Waals surface area contributed by atoms with E-state index in [4.69, 9.17) is 20.3 Å². The quantitative estimate of drug-likeness (QED) is 0.503. The molecular weight excluding hydrogens is 245 g/mol. The number of aliphatic hydroxyl groups excluding tert-OH is 1. The van der Waals surface area contributed by atoms with Gasteiger partial charge in [-0.3, -0.25) is 4.57 Å². The smallest absolute Gasteiger partial charge is 0.351 e. The maximum Gasteiger partial charge on any atom is 0.351 e. The molecule has 1 aromatic rings. The van der Waals surface area contributed by atoms with E-state index in [1.807, 2.05) is 0 Å². The summed E-state index contributed by atoms with van der Waals surface area (Å²) in [4.78, 5) is 15.3. The number of fused-ring (bicyclic) bond motifs is 1. The van der Waals surface area contributed by atoms with Crippen LogP contribution in [-0.4, -0.2) is 38.8 Å². The molecule has 2 aliphatic rings. The highest BCUT2D eigenvalue weighted by atomic mass is 31.0. The summed E-state index contributed by atoms with van der Waals surface area (Å²) in [5.41, 5.74) is 4.92. The Labute approximate surface area is 98.7 Å². The highest BCUT2D eigenvalue weighted by molar-refractivity contribution is 7.19. The van der Waals surface area contributed by atoms with Crippen LogP contribution < -0.4 is 11.4 Å². The lowest BCUT2D eigenvalue weighted by Crippen LogP contribution is -2.33. The Hall–Kier alpha value is -1.01. The summed E-state index contributed by atoms with van der Waals surface area (Å²) in [6, 6.07) is 1.52. The number of ether oxygens (including phenoxy) is 2. The second-order valence-electron chi connectivity index (χ2n) is 4.14. The minimum Gasteiger partial charge on any atom is -0.394 e. The summed E-state index contributed by atoms with van der Waals surface area (Å²) in [6.07, 6.45) is 0.295. The summed E-state index contributed by atoms with van der Waals surface area (Å²) in [5.74, 6) is 0.161. The third-order valence-corrected chi connectivity index (χ3v) is 3.78. The summed E-state index contributed by atoms with van der Waals surface area (Å²) in [6.45, 7) is -0.144. The van der Waals surface area contributed by atoms with E-state index in [-0.39, 0.29) is 18.5 Å². The van der Waals surface area contributed by atoms with E-state index < -0.39 is 23.4 Å². The normalized spacial score (nSPS) is 39.1. The molecule has 0 radical (unpaired) electrons. The minimum atomic E-state index is -0.644. The zero-order valence-electron chi connectivity index (χ0n) is 8.81. The van der Waals surface area contributed by atoms with Crippen molar-refractivity contribution in [2.24, 2.45) is 0 Å². The molecule has 0 aromatic carbocycles. The molecule has 2 aliphatic heterocycles. The van der Waals surface area contributed by atoms with Gasteiger partial charge >= 0.3 is 5.69 Å². The zero-order chi connectivity index (χ0) is 12.2. The lowest BCUT2D eigenvalue weighted by atomic mass is 10.2. The van der Waals surface area contributed by atoms with Crippen LogP contribution in [0.2, 0.25) is 0 Å². The molecule has 0 amide bonds. The van der Waals surface area contributed by atoms with Gasteiger partial charge in [-0.15, -0.1) is 0 Å². The van der Waals surface area contributed by atoms with Gasteiger partial charge in [0, 0.05) is 6.20 Å². The average molecular weight is 257 g/mol. The van der Waals surface area contributed by atoms with Crippen molar-refractivity contribution >= 4 is 15.1 Å². The van der Waals surface area contributed by atoms with Gasteiger partial charge in [-0.25, -0.2) is 4.79 Å². The van der Waals surface area contributed by atoms with Crippen LogP contribution >= 0.6 is 9.24 Å². The molecule has 5 unspecified atom stereocenters.